The van der Waals surface area contributed by atoms with Gasteiger partial charge in [0.2, 0.25) is 5.43 Å². The van der Waals surface area contributed by atoms with Crippen molar-refractivity contribution in [1.82, 2.24) is 0 Å². The molecule has 0 N–H and O–H groups in total. The van der Waals surface area contributed by atoms with Crippen molar-refractivity contribution in [3.05, 3.63) is 52.7 Å². The number of benzene rings is 2. The number of hydrogen-bond donors (Lipinski definition) is 0. The SMILES string of the molecule is O=c1c2ccccc2oc2cc(OC3=NS(=O)(=O)CS3)ccc12. The Hall–Kier alpha value is -2.32. The zero-order valence-electron chi connectivity index (χ0n) is 11.6. The normalized spacial score (nSPS) is 16.6. The Morgan fingerprint density at radius 2 is 1.87 bits per heavy atom. The predicted octanol–water partition coefficient (Wildman–Crippen LogP) is 2.72. The number of rotatable bonds is 1. The molecule has 0 spiro atoms. The second kappa shape index (κ2) is 5.10. The van der Waals surface area contributed by atoms with Crippen molar-refractivity contribution in [2.75, 3.05) is 5.08 Å². The van der Waals surface area contributed by atoms with E-state index in [1.54, 1.807) is 42.5 Å². The zero-order valence-corrected chi connectivity index (χ0v) is 13.2. The van der Waals surface area contributed by atoms with Crippen LogP contribution in [0.15, 0.2) is 56.1 Å². The molecule has 1 aliphatic heterocycles. The molecule has 3 aromatic rings. The molecular weight excluding hydrogens is 338 g/mol. The summed E-state index contributed by atoms with van der Waals surface area (Å²) >= 11 is 1.00. The molecule has 2 heterocycles. The Kier molecular flexibility index (Phi) is 3.17. The largest absolute Gasteiger partial charge is 0.456 e. The molecule has 1 aliphatic rings. The first-order chi connectivity index (χ1) is 11.0. The third kappa shape index (κ3) is 2.60. The first-order valence-electron chi connectivity index (χ1n) is 6.61. The van der Waals surface area contributed by atoms with Crippen molar-refractivity contribution in [3.8, 4) is 5.75 Å². The fourth-order valence-corrected chi connectivity index (χ4v) is 4.47. The molecule has 2 aromatic carbocycles. The Bertz CT molecular complexity index is 1130. The number of thioether (sulfide) groups is 1. The molecule has 1 aromatic heterocycles. The van der Waals surface area contributed by atoms with Gasteiger partial charge in [-0.15, -0.1) is 4.40 Å². The summed E-state index contributed by atoms with van der Waals surface area (Å²) in [5.74, 6) is 0.360. The molecule has 0 aliphatic carbocycles. The number of fused-ring (bicyclic) bond motifs is 2. The average Bonchev–Trinajstić information content (AvgIpc) is 2.86. The van der Waals surface area contributed by atoms with Crippen LogP contribution < -0.4 is 10.2 Å². The Labute approximate surface area is 134 Å². The van der Waals surface area contributed by atoms with Gasteiger partial charge in [0, 0.05) is 6.07 Å². The molecule has 0 bridgehead atoms. The van der Waals surface area contributed by atoms with E-state index in [-0.39, 0.29) is 15.7 Å². The van der Waals surface area contributed by atoms with Gasteiger partial charge in [-0.05, 0) is 36.0 Å². The van der Waals surface area contributed by atoms with Crippen LogP contribution in [0.1, 0.15) is 0 Å². The lowest BCUT2D eigenvalue weighted by atomic mass is 10.1. The summed E-state index contributed by atoms with van der Waals surface area (Å²) < 4.78 is 37.2. The first kappa shape index (κ1) is 14.3. The molecule has 4 rings (SSSR count). The molecule has 23 heavy (non-hydrogen) atoms. The van der Waals surface area contributed by atoms with Crippen molar-refractivity contribution in [2.24, 2.45) is 4.40 Å². The number of para-hydroxylation sites is 1. The van der Waals surface area contributed by atoms with Crippen LogP contribution in [0.4, 0.5) is 0 Å². The molecule has 6 nitrogen and oxygen atoms in total. The van der Waals surface area contributed by atoms with Crippen LogP contribution >= 0.6 is 11.8 Å². The molecule has 0 unspecified atom stereocenters. The lowest BCUT2D eigenvalue weighted by molar-refractivity contribution is 0.564. The Morgan fingerprint density at radius 1 is 1.09 bits per heavy atom. The highest BCUT2D eigenvalue weighted by Crippen LogP contribution is 2.26. The standard InChI is InChI=1S/C15H9NO5S2/c17-14-10-3-1-2-4-12(10)21-13-7-9(5-6-11(13)14)20-15-16-23(18,19)8-22-15/h1-7H,8H2. The zero-order chi connectivity index (χ0) is 16.0. The van der Waals surface area contributed by atoms with Gasteiger partial charge >= 0.3 is 0 Å². The quantitative estimate of drug-likeness (QED) is 0.629. The fourth-order valence-electron chi connectivity index (χ4n) is 2.29. The lowest BCUT2D eigenvalue weighted by Crippen LogP contribution is -2.03. The third-order valence-corrected chi connectivity index (χ3v) is 5.94. The summed E-state index contributed by atoms with van der Waals surface area (Å²) in [4.78, 5) is 12.4. The van der Waals surface area contributed by atoms with Crippen LogP contribution in [0.5, 0.6) is 5.75 Å². The van der Waals surface area contributed by atoms with Gasteiger partial charge in [-0.2, -0.15) is 0 Å². The maximum absolute atomic E-state index is 12.4. The van der Waals surface area contributed by atoms with Gasteiger partial charge in [0.25, 0.3) is 15.3 Å². The highest BCUT2D eigenvalue weighted by molar-refractivity contribution is 8.24. The fraction of sp³-hybridized carbons (Fsp3) is 0.0667. The van der Waals surface area contributed by atoms with Gasteiger partial charge in [-0.25, -0.2) is 8.42 Å². The van der Waals surface area contributed by atoms with E-state index in [0.29, 0.717) is 27.7 Å². The van der Waals surface area contributed by atoms with Crippen LogP contribution in [0.3, 0.4) is 0 Å². The molecule has 0 atom stereocenters. The maximum atomic E-state index is 12.4. The molecule has 0 saturated heterocycles. The summed E-state index contributed by atoms with van der Waals surface area (Å²) in [6.07, 6.45) is 0. The van der Waals surface area contributed by atoms with E-state index in [9.17, 15) is 13.2 Å². The van der Waals surface area contributed by atoms with Crippen LogP contribution in [0.25, 0.3) is 21.9 Å². The van der Waals surface area contributed by atoms with Gasteiger partial charge in [0.05, 0.1) is 10.8 Å². The maximum Gasteiger partial charge on any atom is 0.268 e. The monoisotopic (exact) mass is 347 g/mol. The van der Waals surface area contributed by atoms with Crippen molar-refractivity contribution >= 4 is 49.0 Å². The van der Waals surface area contributed by atoms with Crippen LogP contribution in [0, 0.1) is 0 Å². The Morgan fingerprint density at radius 3 is 2.65 bits per heavy atom. The van der Waals surface area contributed by atoms with Gasteiger partial charge in [-0.3, -0.25) is 4.79 Å². The number of ether oxygens (including phenoxy) is 1. The second-order valence-corrected chi connectivity index (χ2v) is 7.82. The highest BCUT2D eigenvalue weighted by atomic mass is 32.3. The molecular formula is C15H9NO5S2. The smallest absolute Gasteiger partial charge is 0.268 e. The number of hydrogen-bond acceptors (Lipinski definition) is 6. The van der Waals surface area contributed by atoms with E-state index >= 15 is 0 Å². The van der Waals surface area contributed by atoms with E-state index in [4.69, 9.17) is 9.15 Å². The summed E-state index contributed by atoms with van der Waals surface area (Å²) in [6, 6.07) is 11.7. The molecule has 0 saturated carbocycles. The number of nitrogens with zero attached hydrogens (tertiary/aromatic N) is 1. The minimum Gasteiger partial charge on any atom is -0.456 e. The highest BCUT2D eigenvalue weighted by Gasteiger charge is 2.23. The molecule has 8 heteroatoms. The molecule has 0 radical (unpaired) electrons. The minimum atomic E-state index is -3.44. The summed E-state index contributed by atoms with van der Waals surface area (Å²) in [5, 5.41) is 0.878. The average molecular weight is 347 g/mol. The van der Waals surface area contributed by atoms with Crippen molar-refractivity contribution in [1.29, 1.82) is 0 Å². The summed E-state index contributed by atoms with van der Waals surface area (Å²) in [7, 11) is -3.44. The van der Waals surface area contributed by atoms with E-state index in [1.807, 2.05) is 0 Å². The first-order valence-corrected chi connectivity index (χ1v) is 9.20. The van der Waals surface area contributed by atoms with E-state index in [0.717, 1.165) is 11.8 Å². The van der Waals surface area contributed by atoms with Crippen molar-refractivity contribution in [3.63, 3.8) is 0 Å². The van der Waals surface area contributed by atoms with Crippen LogP contribution in [0.2, 0.25) is 0 Å². The molecule has 0 fully saturated rings. The van der Waals surface area contributed by atoms with Crippen LogP contribution in [-0.4, -0.2) is 18.7 Å². The van der Waals surface area contributed by atoms with Gasteiger partial charge in [-0.1, -0.05) is 12.1 Å². The summed E-state index contributed by atoms with van der Waals surface area (Å²) in [6.45, 7) is 0. The van der Waals surface area contributed by atoms with Gasteiger partial charge < -0.3 is 9.15 Å². The van der Waals surface area contributed by atoms with Gasteiger partial charge in [0.1, 0.15) is 22.0 Å². The molecule has 116 valence electrons. The van der Waals surface area contributed by atoms with Crippen LogP contribution in [-0.2, 0) is 10.0 Å². The Balaban J connectivity index is 1.82. The second-order valence-electron chi connectivity index (χ2n) is 4.89. The van der Waals surface area contributed by atoms with Gasteiger partial charge in [0.15, 0.2) is 0 Å². The van der Waals surface area contributed by atoms with E-state index in [2.05, 4.69) is 4.40 Å². The molecule has 0 amide bonds. The summed E-state index contributed by atoms with van der Waals surface area (Å²) in [5.41, 5.74) is 0.735. The van der Waals surface area contributed by atoms with Crippen molar-refractivity contribution < 1.29 is 17.6 Å². The predicted molar refractivity (Wildman–Crippen MR) is 89.4 cm³/mol. The number of sulfonamides is 1. The van der Waals surface area contributed by atoms with Crippen molar-refractivity contribution in [2.45, 2.75) is 0 Å². The topological polar surface area (TPSA) is 85.9 Å². The minimum absolute atomic E-state index is 0.0625. The lowest BCUT2D eigenvalue weighted by Gasteiger charge is -2.05. The third-order valence-electron chi connectivity index (χ3n) is 3.30. The van der Waals surface area contributed by atoms with E-state index in [1.165, 1.54) is 0 Å². The van der Waals surface area contributed by atoms with E-state index < -0.39 is 10.0 Å².